The van der Waals surface area contributed by atoms with Crippen molar-refractivity contribution in [3.05, 3.63) is 24.3 Å². The van der Waals surface area contributed by atoms with Gasteiger partial charge in [-0.2, -0.15) is 0 Å². The van der Waals surface area contributed by atoms with E-state index >= 15 is 0 Å². The van der Waals surface area contributed by atoms with Crippen LogP contribution in [0, 0.1) is 5.92 Å². The first kappa shape index (κ1) is 23.1. The van der Waals surface area contributed by atoms with Crippen LogP contribution in [0.2, 0.25) is 0 Å². The predicted octanol–water partition coefficient (Wildman–Crippen LogP) is 4.63. The molecule has 0 bridgehead atoms. The van der Waals surface area contributed by atoms with Gasteiger partial charge >= 0.3 is 5.97 Å². The highest BCUT2D eigenvalue weighted by atomic mass is 35.5. The average Bonchev–Trinajstić information content (AvgIpc) is 2.64. The van der Waals surface area contributed by atoms with Gasteiger partial charge in [0.15, 0.2) is 0 Å². The van der Waals surface area contributed by atoms with E-state index in [9.17, 15) is 4.79 Å². The summed E-state index contributed by atoms with van der Waals surface area (Å²) in [5.74, 6) is 1.33. The maximum Gasteiger partial charge on any atom is 0.315 e. The lowest BCUT2D eigenvalue weighted by atomic mass is 9.97. The molecule has 0 saturated carbocycles. The van der Waals surface area contributed by atoms with Gasteiger partial charge in [-0.05, 0) is 50.7 Å². The molecule has 6 heteroatoms. The molecular formula is C20H32Cl2N2O2. The van der Waals surface area contributed by atoms with E-state index in [1.807, 2.05) is 31.2 Å². The summed E-state index contributed by atoms with van der Waals surface area (Å²) in [4.78, 5) is 17.1. The Kier molecular flexibility index (Phi) is 11.0. The first-order valence-electron chi connectivity index (χ1n) is 9.44. The molecule has 4 nitrogen and oxygen atoms in total. The van der Waals surface area contributed by atoms with Gasteiger partial charge in [-0.1, -0.05) is 20.8 Å². The highest BCUT2D eigenvalue weighted by molar-refractivity contribution is 6.18. The van der Waals surface area contributed by atoms with Crippen molar-refractivity contribution in [2.24, 2.45) is 5.92 Å². The zero-order valence-corrected chi connectivity index (χ0v) is 17.9. The second-order valence-corrected chi connectivity index (χ2v) is 7.01. The molecule has 0 aliphatic rings. The molecule has 0 fully saturated rings. The molecule has 2 atom stereocenters. The van der Waals surface area contributed by atoms with E-state index < -0.39 is 0 Å². The third kappa shape index (κ3) is 6.64. The van der Waals surface area contributed by atoms with Gasteiger partial charge in [-0.15, -0.1) is 23.2 Å². The van der Waals surface area contributed by atoms with Gasteiger partial charge in [0.25, 0.3) is 0 Å². The Morgan fingerprint density at radius 1 is 1.04 bits per heavy atom. The predicted molar refractivity (Wildman–Crippen MR) is 112 cm³/mol. The van der Waals surface area contributed by atoms with Crippen molar-refractivity contribution in [2.45, 2.75) is 40.2 Å². The SMILES string of the molecule is CCC(C(=O)Oc1ccc(N(CCCl)CCCl)cc1)C(C)N(CC)CC. The second kappa shape index (κ2) is 12.4. The Bertz CT molecular complexity index is 515. The molecule has 0 radical (unpaired) electrons. The summed E-state index contributed by atoms with van der Waals surface area (Å²) < 4.78 is 5.65. The number of ether oxygens (including phenoxy) is 1. The fourth-order valence-electron chi connectivity index (χ4n) is 3.25. The van der Waals surface area contributed by atoms with E-state index in [0.717, 1.165) is 38.3 Å². The van der Waals surface area contributed by atoms with Gasteiger partial charge in [-0.25, -0.2) is 0 Å². The van der Waals surface area contributed by atoms with E-state index in [0.29, 0.717) is 17.5 Å². The smallest absolute Gasteiger partial charge is 0.315 e. The largest absolute Gasteiger partial charge is 0.426 e. The Morgan fingerprint density at radius 2 is 1.58 bits per heavy atom. The number of hydrogen-bond donors (Lipinski definition) is 0. The summed E-state index contributed by atoms with van der Waals surface area (Å²) in [5.41, 5.74) is 1.02. The standard InChI is InChI=1S/C20H32Cl2N2O2/c1-5-19(16(4)23(6-2)7-3)20(25)26-18-10-8-17(9-11-18)24(14-12-21)15-13-22/h8-11,16,19H,5-7,12-15H2,1-4H3. The number of hydrogen-bond acceptors (Lipinski definition) is 4. The van der Waals surface area contributed by atoms with Gasteiger partial charge < -0.3 is 14.5 Å². The lowest BCUT2D eigenvalue weighted by Gasteiger charge is -2.31. The van der Waals surface area contributed by atoms with Gasteiger partial charge in [-0.3, -0.25) is 4.79 Å². The number of halogens is 2. The Morgan fingerprint density at radius 3 is 2.00 bits per heavy atom. The fraction of sp³-hybridized carbons (Fsp3) is 0.650. The summed E-state index contributed by atoms with van der Waals surface area (Å²) in [6, 6.07) is 7.70. The van der Waals surface area contributed by atoms with Crippen molar-refractivity contribution in [2.75, 3.05) is 42.8 Å². The fourth-order valence-corrected chi connectivity index (χ4v) is 3.66. The highest BCUT2D eigenvalue weighted by Gasteiger charge is 2.28. The average molecular weight is 403 g/mol. The topological polar surface area (TPSA) is 32.8 Å². The minimum Gasteiger partial charge on any atom is -0.426 e. The van der Waals surface area contributed by atoms with Crippen LogP contribution in [0.5, 0.6) is 5.75 Å². The number of carbonyl (C=O) groups excluding carboxylic acids is 1. The van der Waals surface area contributed by atoms with Crippen LogP contribution in [0.4, 0.5) is 5.69 Å². The zero-order valence-electron chi connectivity index (χ0n) is 16.4. The Hall–Kier alpha value is -0.970. The van der Waals surface area contributed by atoms with Gasteiger partial charge in [0.05, 0.1) is 5.92 Å². The summed E-state index contributed by atoms with van der Waals surface area (Å²) in [5, 5.41) is 0. The first-order chi connectivity index (χ1) is 12.5. The van der Waals surface area contributed by atoms with Gasteiger partial charge in [0.1, 0.15) is 5.75 Å². The number of anilines is 1. The number of alkyl halides is 2. The normalized spacial score (nSPS) is 13.5. The Balaban J connectivity index is 2.79. The molecule has 1 rings (SSSR count). The molecule has 0 spiro atoms. The van der Waals surface area contributed by atoms with Crippen molar-refractivity contribution in [1.82, 2.24) is 4.90 Å². The van der Waals surface area contributed by atoms with Crippen LogP contribution >= 0.6 is 23.2 Å². The number of rotatable bonds is 12. The molecule has 2 unspecified atom stereocenters. The summed E-state index contributed by atoms with van der Waals surface area (Å²) in [6.07, 6.45) is 0.758. The van der Waals surface area contributed by atoms with E-state index in [2.05, 4.69) is 30.6 Å². The van der Waals surface area contributed by atoms with Crippen molar-refractivity contribution in [3.8, 4) is 5.75 Å². The lowest BCUT2D eigenvalue weighted by molar-refractivity contribution is -0.141. The number of nitrogens with zero attached hydrogens (tertiary/aromatic N) is 2. The quantitative estimate of drug-likeness (QED) is 0.289. The van der Waals surface area contributed by atoms with Crippen LogP contribution in [0.15, 0.2) is 24.3 Å². The van der Waals surface area contributed by atoms with Gasteiger partial charge in [0.2, 0.25) is 0 Å². The van der Waals surface area contributed by atoms with Gasteiger partial charge in [0, 0.05) is 36.6 Å². The molecule has 0 aliphatic carbocycles. The van der Waals surface area contributed by atoms with Crippen molar-refractivity contribution in [3.63, 3.8) is 0 Å². The van der Waals surface area contributed by atoms with Crippen LogP contribution in [0.1, 0.15) is 34.1 Å². The zero-order chi connectivity index (χ0) is 19.5. The third-order valence-electron chi connectivity index (χ3n) is 4.84. The van der Waals surface area contributed by atoms with Crippen molar-refractivity contribution in [1.29, 1.82) is 0 Å². The summed E-state index contributed by atoms with van der Waals surface area (Å²) in [7, 11) is 0. The molecule has 26 heavy (non-hydrogen) atoms. The molecule has 148 valence electrons. The molecule has 0 N–H and O–H groups in total. The molecule has 0 heterocycles. The first-order valence-corrected chi connectivity index (χ1v) is 10.5. The van der Waals surface area contributed by atoms with Crippen LogP contribution < -0.4 is 9.64 Å². The number of esters is 1. The monoisotopic (exact) mass is 402 g/mol. The minimum atomic E-state index is -0.168. The molecular weight excluding hydrogens is 371 g/mol. The Labute approximate surface area is 168 Å². The minimum absolute atomic E-state index is 0.140. The maximum absolute atomic E-state index is 12.7. The van der Waals surface area contributed by atoms with E-state index in [4.69, 9.17) is 27.9 Å². The van der Waals surface area contributed by atoms with Crippen molar-refractivity contribution >= 4 is 34.9 Å². The number of carbonyl (C=O) groups is 1. The van der Waals surface area contributed by atoms with E-state index in [-0.39, 0.29) is 17.9 Å². The molecule has 0 saturated heterocycles. The van der Waals surface area contributed by atoms with E-state index in [1.54, 1.807) is 0 Å². The molecule has 0 amide bonds. The molecule has 0 aromatic heterocycles. The molecule has 0 aliphatic heterocycles. The van der Waals surface area contributed by atoms with Crippen LogP contribution in [0.25, 0.3) is 0 Å². The third-order valence-corrected chi connectivity index (χ3v) is 5.18. The molecule has 1 aromatic rings. The lowest BCUT2D eigenvalue weighted by Crippen LogP contribution is -2.42. The van der Waals surface area contributed by atoms with Crippen LogP contribution in [-0.4, -0.2) is 54.9 Å². The summed E-state index contributed by atoms with van der Waals surface area (Å²) in [6.45, 7) is 11.7. The number of benzene rings is 1. The second-order valence-electron chi connectivity index (χ2n) is 6.26. The maximum atomic E-state index is 12.7. The van der Waals surface area contributed by atoms with Crippen LogP contribution in [-0.2, 0) is 4.79 Å². The summed E-state index contributed by atoms with van der Waals surface area (Å²) >= 11 is 11.7. The molecule has 1 aromatic carbocycles. The van der Waals surface area contributed by atoms with Crippen LogP contribution in [0.3, 0.4) is 0 Å². The van der Waals surface area contributed by atoms with E-state index in [1.165, 1.54) is 0 Å². The highest BCUT2D eigenvalue weighted by Crippen LogP contribution is 2.23. The van der Waals surface area contributed by atoms with Crippen molar-refractivity contribution < 1.29 is 9.53 Å².